The van der Waals surface area contributed by atoms with Crippen LogP contribution in [0.3, 0.4) is 0 Å². The number of carbonyl (C=O) groups is 1. The molecule has 0 saturated heterocycles. The van der Waals surface area contributed by atoms with E-state index in [2.05, 4.69) is 0 Å². The summed E-state index contributed by atoms with van der Waals surface area (Å²) in [4.78, 5) is 9.69. The van der Waals surface area contributed by atoms with Gasteiger partial charge in [-0.2, -0.15) is 0 Å². The largest absolute Gasteiger partial charge is 0.303 e. The predicted octanol–water partition coefficient (Wildman–Crippen LogP) is 1.18. The van der Waals surface area contributed by atoms with Crippen LogP contribution in [-0.2, 0) is 9.90 Å². The van der Waals surface area contributed by atoms with Gasteiger partial charge in [-0.05, 0) is 12.8 Å². The minimum absolute atomic E-state index is 0.00113. The van der Waals surface area contributed by atoms with Crippen LogP contribution >= 0.6 is 0 Å². The third-order valence-electron chi connectivity index (χ3n) is 0.966. The smallest absolute Gasteiger partial charge is 0.119 e. The molecule has 0 aliphatic rings. The Morgan fingerprint density at radius 2 is 1.88 bits per heavy atom. The standard InChI is InChI=1S/C6H11O2/c7-5-3-1-2-4-6-8/h5H,1-4,6H2. The van der Waals surface area contributed by atoms with E-state index in [0.717, 1.165) is 19.1 Å². The summed E-state index contributed by atoms with van der Waals surface area (Å²) in [7, 11) is 0. The molecule has 0 aliphatic carbocycles. The molecule has 0 fully saturated rings. The monoisotopic (exact) mass is 115 g/mol. The Morgan fingerprint density at radius 1 is 1.12 bits per heavy atom. The molecule has 0 unspecified atom stereocenters. The topological polar surface area (TPSA) is 37.0 Å². The first-order chi connectivity index (χ1) is 3.91. The Kier molecular flexibility index (Phi) is 6.32. The molecule has 47 valence electrons. The average molecular weight is 115 g/mol. The van der Waals surface area contributed by atoms with E-state index >= 15 is 0 Å². The summed E-state index contributed by atoms with van der Waals surface area (Å²) in [6.45, 7) is -0.00113. The highest BCUT2D eigenvalue weighted by atomic mass is 16.2. The van der Waals surface area contributed by atoms with Crippen LogP contribution in [0.25, 0.3) is 0 Å². The molecule has 0 amide bonds. The Balaban J connectivity index is 2.62. The summed E-state index contributed by atoms with van der Waals surface area (Å²) in [5, 5.41) is 9.80. The number of hydrogen-bond donors (Lipinski definition) is 0. The van der Waals surface area contributed by atoms with Crippen molar-refractivity contribution in [3.05, 3.63) is 0 Å². The van der Waals surface area contributed by atoms with Crippen LogP contribution in [0.2, 0.25) is 0 Å². The van der Waals surface area contributed by atoms with Crippen LogP contribution in [0, 0.1) is 0 Å². The van der Waals surface area contributed by atoms with E-state index in [4.69, 9.17) is 0 Å². The lowest BCUT2D eigenvalue weighted by Gasteiger charge is -1.88. The average Bonchev–Trinajstić information content (AvgIpc) is 1.81. The van der Waals surface area contributed by atoms with Gasteiger partial charge < -0.3 is 4.79 Å². The molecule has 0 aromatic heterocycles. The van der Waals surface area contributed by atoms with Crippen LogP contribution in [0.1, 0.15) is 25.7 Å². The Labute approximate surface area is 49.5 Å². The van der Waals surface area contributed by atoms with Crippen molar-refractivity contribution < 1.29 is 9.90 Å². The van der Waals surface area contributed by atoms with Crippen molar-refractivity contribution in [3.8, 4) is 0 Å². The lowest BCUT2D eigenvalue weighted by Crippen LogP contribution is -1.81. The third-order valence-corrected chi connectivity index (χ3v) is 0.966. The number of rotatable bonds is 5. The third kappa shape index (κ3) is 5.63. The summed E-state index contributed by atoms with van der Waals surface area (Å²) in [6.07, 6.45) is 4.01. The summed E-state index contributed by atoms with van der Waals surface area (Å²) in [5.74, 6) is 0. The van der Waals surface area contributed by atoms with E-state index in [1.807, 2.05) is 0 Å². The first kappa shape index (κ1) is 7.63. The van der Waals surface area contributed by atoms with Crippen molar-refractivity contribution >= 4 is 6.29 Å². The Hall–Kier alpha value is -0.370. The second kappa shape index (κ2) is 6.63. The van der Waals surface area contributed by atoms with Gasteiger partial charge in [0.25, 0.3) is 0 Å². The van der Waals surface area contributed by atoms with Gasteiger partial charge in [-0.3, -0.25) is 0 Å². The van der Waals surface area contributed by atoms with Gasteiger partial charge in [-0.25, -0.2) is 5.11 Å². The van der Waals surface area contributed by atoms with Crippen molar-refractivity contribution in [2.45, 2.75) is 25.7 Å². The molecule has 0 aromatic carbocycles. The van der Waals surface area contributed by atoms with Crippen LogP contribution in [-0.4, -0.2) is 12.9 Å². The lowest BCUT2D eigenvalue weighted by atomic mass is 10.2. The highest BCUT2D eigenvalue weighted by Gasteiger charge is 1.85. The summed E-state index contributed by atoms with van der Waals surface area (Å²) >= 11 is 0. The molecule has 2 heteroatoms. The molecule has 0 spiro atoms. The highest BCUT2D eigenvalue weighted by Crippen LogP contribution is 1.95. The zero-order chi connectivity index (χ0) is 6.24. The molecule has 0 N–H and O–H groups in total. The molecule has 8 heavy (non-hydrogen) atoms. The highest BCUT2D eigenvalue weighted by molar-refractivity contribution is 5.48. The van der Waals surface area contributed by atoms with Crippen LogP contribution in [0.5, 0.6) is 0 Å². The van der Waals surface area contributed by atoms with Gasteiger partial charge in [0, 0.05) is 6.42 Å². The van der Waals surface area contributed by atoms with Crippen molar-refractivity contribution in [1.82, 2.24) is 0 Å². The molecular weight excluding hydrogens is 104 g/mol. The quantitative estimate of drug-likeness (QED) is 0.391. The fraction of sp³-hybridized carbons (Fsp3) is 0.833. The molecule has 0 atom stereocenters. The van der Waals surface area contributed by atoms with E-state index in [1.165, 1.54) is 0 Å². The first-order valence-corrected chi connectivity index (χ1v) is 2.93. The normalized spacial score (nSPS) is 9.12. The number of aldehydes is 1. The first-order valence-electron chi connectivity index (χ1n) is 2.93. The minimum atomic E-state index is -0.00113. The fourth-order valence-electron chi connectivity index (χ4n) is 0.507. The van der Waals surface area contributed by atoms with Gasteiger partial charge in [0.05, 0.1) is 6.61 Å². The lowest BCUT2D eigenvalue weighted by molar-refractivity contribution is -0.107. The van der Waals surface area contributed by atoms with Crippen molar-refractivity contribution in [1.29, 1.82) is 0 Å². The SMILES string of the molecule is [O]CCCCCC=O. The van der Waals surface area contributed by atoms with Gasteiger partial charge in [-0.15, -0.1) is 0 Å². The molecule has 0 aromatic rings. The molecule has 0 aliphatic heterocycles. The zero-order valence-electron chi connectivity index (χ0n) is 4.93. The summed E-state index contributed by atoms with van der Waals surface area (Å²) < 4.78 is 0. The van der Waals surface area contributed by atoms with E-state index in [-0.39, 0.29) is 6.61 Å². The number of carbonyl (C=O) groups excluding carboxylic acids is 1. The van der Waals surface area contributed by atoms with Crippen LogP contribution < -0.4 is 0 Å². The van der Waals surface area contributed by atoms with E-state index in [9.17, 15) is 9.90 Å². The maximum atomic E-state index is 9.80. The van der Waals surface area contributed by atoms with Crippen molar-refractivity contribution in [3.63, 3.8) is 0 Å². The van der Waals surface area contributed by atoms with Crippen molar-refractivity contribution in [2.75, 3.05) is 6.61 Å². The Bertz CT molecular complexity index is 52.5. The predicted molar refractivity (Wildman–Crippen MR) is 30.1 cm³/mol. The molecule has 1 radical (unpaired) electrons. The van der Waals surface area contributed by atoms with E-state index < -0.39 is 0 Å². The fourth-order valence-corrected chi connectivity index (χ4v) is 0.507. The zero-order valence-corrected chi connectivity index (χ0v) is 4.93. The molecule has 0 bridgehead atoms. The van der Waals surface area contributed by atoms with Gasteiger partial charge >= 0.3 is 0 Å². The summed E-state index contributed by atoms with van der Waals surface area (Å²) in [5.41, 5.74) is 0. The number of unbranched alkanes of at least 4 members (excludes halogenated alkanes) is 3. The second-order valence-electron chi connectivity index (χ2n) is 1.72. The Morgan fingerprint density at radius 3 is 2.38 bits per heavy atom. The molecule has 0 rings (SSSR count). The molecule has 0 heterocycles. The molecular formula is C6H11O2. The van der Waals surface area contributed by atoms with Crippen LogP contribution in [0.15, 0.2) is 0 Å². The second-order valence-corrected chi connectivity index (χ2v) is 1.72. The van der Waals surface area contributed by atoms with Gasteiger partial charge in [0.2, 0.25) is 0 Å². The van der Waals surface area contributed by atoms with Crippen LogP contribution in [0.4, 0.5) is 0 Å². The maximum Gasteiger partial charge on any atom is 0.119 e. The summed E-state index contributed by atoms with van der Waals surface area (Å²) in [6, 6.07) is 0. The van der Waals surface area contributed by atoms with Gasteiger partial charge in [0.1, 0.15) is 6.29 Å². The van der Waals surface area contributed by atoms with Crippen molar-refractivity contribution in [2.24, 2.45) is 0 Å². The van der Waals surface area contributed by atoms with E-state index in [1.54, 1.807) is 0 Å². The van der Waals surface area contributed by atoms with Gasteiger partial charge in [-0.1, -0.05) is 6.42 Å². The van der Waals surface area contributed by atoms with E-state index in [0.29, 0.717) is 12.8 Å². The number of hydrogen-bond acceptors (Lipinski definition) is 1. The molecule has 0 saturated carbocycles. The maximum absolute atomic E-state index is 9.80. The molecule has 2 nitrogen and oxygen atoms in total. The van der Waals surface area contributed by atoms with Gasteiger partial charge in [0.15, 0.2) is 0 Å². The minimum Gasteiger partial charge on any atom is -0.303 e.